The van der Waals surface area contributed by atoms with E-state index in [1.54, 1.807) is 0 Å². The van der Waals surface area contributed by atoms with Crippen LogP contribution in [-0.4, -0.2) is 46.2 Å². The van der Waals surface area contributed by atoms with Crippen molar-refractivity contribution >= 4 is 6.03 Å². The number of aromatic nitrogens is 2. The summed E-state index contributed by atoms with van der Waals surface area (Å²) in [5.41, 5.74) is 0. The first-order valence-electron chi connectivity index (χ1n) is 9.43. The minimum absolute atomic E-state index is 0.0163. The maximum atomic E-state index is 11.9. The maximum Gasteiger partial charge on any atom is 0.315 e. The fraction of sp³-hybridized carbons (Fsp3) is 0.778. The normalized spacial score (nSPS) is 22.6. The van der Waals surface area contributed by atoms with Crippen LogP contribution in [0.1, 0.15) is 50.8 Å². The number of nitrogens with one attached hydrogen (secondary N) is 2. The molecule has 1 saturated heterocycles. The first kappa shape index (κ1) is 17.3. The van der Waals surface area contributed by atoms with E-state index in [1.165, 1.54) is 25.7 Å². The second-order valence-electron chi connectivity index (χ2n) is 7.37. The van der Waals surface area contributed by atoms with Gasteiger partial charge >= 0.3 is 6.03 Å². The molecule has 0 bridgehead atoms. The lowest BCUT2D eigenvalue weighted by Gasteiger charge is -2.32. The molecule has 2 aliphatic rings. The number of carbonyl (C=O) groups excluding carboxylic acids is 1. The molecule has 2 amide bonds. The summed E-state index contributed by atoms with van der Waals surface area (Å²) < 4.78 is 2.10. The Labute approximate surface area is 145 Å². The van der Waals surface area contributed by atoms with Gasteiger partial charge in [-0.2, -0.15) is 0 Å². The quantitative estimate of drug-likeness (QED) is 0.839. The number of piperidine rings is 1. The highest BCUT2D eigenvalue weighted by molar-refractivity contribution is 5.74. The summed E-state index contributed by atoms with van der Waals surface area (Å²) in [5, 5.41) is 6.13. The molecule has 1 unspecified atom stereocenters. The second-order valence-corrected chi connectivity index (χ2v) is 7.37. The van der Waals surface area contributed by atoms with Crippen LogP contribution in [0.15, 0.2) is 12.4 Å². The van der Waals surface area contributed by atoms with Crippen molar-refractivity contribution < 1.29 is 4.79 Å². The standard InChI is InChI=1S/C18H31N5O/c1-22-12-10-19-17(22)14-23-11-4-5-15(13-23)8-9-20-18(24)21-16-6-2-3-7-16/h10,12,15-16H,2-9,11,13-14H2,1H3,(H2,20,21,24). The Bertz CT molecular complexity index is 523. The minimum Gasteiger partial charge on any atom is -0.338 e. The van der Waals surface area contributed by atoms with Gasteiger partial charge in [-0.3, -0.25) is 4.90 Å². The number of likely N-dealkylation sites (tertiary alicyclic amines) is 1. The van der Waals surface area contributed by atoms with Crippen LogP contribution >= 0.6 is 0 Å². The summed E-state index contributed by atoms with van der Waals surface area (Å²) in [4.78, 5) is 18.8. The fourth-order valence-electron chi connectivity index (χ4n) is 3.98. The molecule has 1 saturated carbocycles. The monoisotopic (exact) mass is 333 g/mol. The molecule has 134 valence electrons. The molecule has 1 aliphatic carbocycles. The van der Waals surface area contributed by atoms with E-state index in [-0.39, 0.29) is 6.03 Å². The predicted molar refractivity (Wildman–Crippen MR) is 94.6 cm³/mol. The van der Waals surface area contributed by atoms with Crippen LogP contribution < -0.4 is 10.6 Å². The Morgan fingerprint density at radius 2 is 2.12 bits per heavy atom. The molecule has 3 rings (SSSR count). The Balaban J connectivity index is 1.34. The average molecular weight is 333 g/mol. The molecular formula is C18H31N5O. The van der Waals surface area contributed by atoms with E-state index >= 15 is 0 Å². The molecule has 6 nitrogen and oxygen atoms in total. The van der Waals surface area contributed by atoms with Crippen LogP contribution in [0.25, 0.3) is 0 Å². The van der Waals surface area contributed by atoms with Crippen LogP contribution in [-0.2, 0) is 13.6 Å². The van der Waals surface area contributed by atoms with Crippen LogP contribution in [0, 0.1) is 5.92 Å². The Morgan fingerprint density at radius 3 is 2.88 bits per heavy atom. The summed E-state index contributed by atoms with van der Waals surface area (Å²) in [6, 6.07) is 0.413. The molecule has 0 aromatic carbocycles. The van der Waals surface area contributed by atoms with E-state index in [0.717, 1.165) is 51.3 Å². The van der Waals surface area contributed by atoms with E-state index in [9.17, 15) is 4.79 Å². The van der Waals surface area contributed by atoms with Crippen molar-refractivity contribution in [3.05, 3.63) is 18.2 Å². The topological polar surface area (TPSA) is 62.2 Å². The lowest BCUT2D eigenvalue weighted by molar-refractivity contribution is 0.157. The van der Waals surface area contributed by atoms with E-state index in [0.29, 0.717) is 12.0 Å². The molecule has 2 fully saturated rings. The summed E-state index contributed by atoms with van der Waals surface area (Å²) in [5.74, 6) is 1.80. The number of imidazole rings is 1. The average Bonchev–Trinajstić information content (AvgIpc) is 3.20. The summed E-state index contributed by atoms with van der Waals surface area (Å²) >= 11 is 0. The van der Waals surface area contributed by atoms with Crippen molar-refractivity contribution in [1.29, 1.82) is 0 Å². The lowest BCUT2D eigenvalue weighted by atomic mass is 9.95. The molecule has 1 atom stereocenters. The number of urea groups is 1. The highest BCUT2D eigenvalue weighted by Gasteiger charge is 2.21. The van der Waals surface area contributed by atoms with Gasteiger partial charge in [0.15, 0.2) is 0 Å². The van der Waals surface area contributed by atoms with Gasteiger partial charge in [0.25, 0.3) is 0 Å². The number of hydrogen-bond acceptors (Lipinski definition) is 3. The fourth-order valence-corrected chi connectivity index (χ4v) is 3.98. The number of aryl methyl sites for hydroxylation is 1. The van der Waals surface area contributed by atoms with E-state index in [4.69, 9.17) is 0 Å². The molecule has 0 radical (unpaired) electrons. The van der Waals surface area contributed by atoms with E-state index in [1.807, 2.05) is 12.4 Å². The Kier molecular flexibility index (Phi) is 6.12. The first-order chi connectivity index (χ1) is 11.7. The minimum atomic E-state index is 0.0163. The molecule has 2 N–H and O–H groups in total. The molecule has 24 heavy (non-hydrogen) atoms. The zero-order chi connectivity index (χ0) is 16.8. The highest BCUT2D eigenvalue weighted by Crippen LogP contribution is 2.20. The van der Waals surface area contributed by atoms with Gasteiger partial charge < -0.3 is 15.2 Å². The first-order valence-corrected chi connectivity index (χ1v) is 9.43. The van der Waals surface area contributed by atoms with Crippen LogP contribution in [0.4, 0.5) is 4.79 Å². The molecule has 1 aromatic heterocycles. The summed E-state index contributed by atoms with van der Waals surface area (Å²) in [7, 11) is 2.05. The van der Waals surface area contributed by atoms with Gasteiger partial charge in [-0.1, -0.05) is 12.8 Å². The molecule has 0 spiro atoms. The van der Waals surface area contributed by atoms with Gasteiger partial charge in [0, 0.05) is 38.6 Å². The SMILES string of the molecule is Cn1ccnc1CN1CCCC(CCNC(=O)NC2CCCC2)C1. The van der Waals surface area contributed by atoms with Crippen LogP contribution in [0.3, 0.4) is 0 Å². The Morgan fingerprint density at radius 1 is 1.29 bits per heavy atom. The third-order valence-corrected chi connectivity index (χ3v) is 5.42. The van der Waals surface area contributed by atoms with Crippen molar-refractivity contribution in [2.24, 2.45) is 13.0 Å². The van der Waals surface area contributed by atoms with Gasteiger partial charge in [-0.15, -0.1) is 0 Å². The van der Waals surface area contributed by atoms with Gasteiger partial charge in [-0.25, -0.2) is 9.78 Å². The second kappa shape index (κ2) is 8.51. The number of nitrogens with zero attached hydrogens (tertiary/aromatic N) is 3. The molecule has 6 heteroatoms. The molecule has 2 heterocycles. The third-order valence-electron chi connectivity index (χ3n) is 5.42. The van der Waals surface area contributed by atoms with Crippen molar-refractivity contribution in [2.75, 3.05) is 19.6 Å². The number of rotatable bonds is 6. The molecule has 1 aromatic rings. The van der Waals surface area contributed by atoms with Crippen molar-refractivity contribution in [3.63, 3.8) is 0 Å². The lowest BCUT2D eigenvalue weighted by Crippen LogP contribution is -2.42. The van der Waals surface area contributed by atoms with Crippen LogP contribution in [0.2, 0.25) is 0 Å². The van der Waals surface area contributed by atoms with Gasteiger partial charge in [0.2, 0.25) is 0 Å². The molecule has 1 aliphatic heterocycles. The predicted octanol–water partition coefficient (Wildman–Crippen LogP) is 2.26. The van der Waals surface area contributed by atoms with Crippen molar-refractivity contribution in [3.8, 4) is 0 Å². The van der Waals surface area contributed by atoms with Crippen molar-refractivity contribution in [1.82, 2.24) is 25.1 Å². The van der Waals surface area contributed by atoms with Crippen LogP contribution in [0.5, 0.6) is 0 Å². The zero-order valence-electron chi connectivity index (χ0n) is 14.8. The zero-order valence-corrected chi connectivity index (χ0v) is 14.8. The highest BCUT2D eigenvalue weighted by atomic mass is 16.2. The number of carbonyl (C=O) groups is 1. The van der Waals surface area contributed by atoms with Gasteiger partial charge in [0.05, 0.1) is 6.54 Å². The van der Waals surface area contributed by atoms with Crippen molar-refractivity contribution in [2.45, 2.75) is 57.5 Å². The Hall–Kier alpha value is -1.56. The number of amides is 2. The third kappa shape index (κ3) is 4.97. The number of hydrogen-bond donors (Lipinski definition) is 2. The van der Waals surface area contributed by atoms with E-state index < -0.39 is 0 Å². The maximum absolute atomic E-state index is 11.9. The largest absolute Gasteiger partial charge is 0.338 e. The van der Waals surface area contributed by atoms with Gasteiger partial charge in [0.1, 0.15) is 5.82 Å². The van der Waals surface area contributed by atoms with Gasteiger partial charge in [-0.05, 0) is 44.6 Å². The summed E-state index contributed by atoms with van der Waals surface area (Å²) in [6.45, 7) is 3.97. The smallest absolute Gasteiger partial charge is 0.315 e. The molecular weight excluding hydrogens is 302 g/mol. The summed E-state index contributed by atoms with van der Waals surface area (Å²) in [6.07, 6.45) is 12.2. The van der Waals surface area contributed by atoms with E-state index in [2.05, 4.69) is 32.1 Å².